The van der Waals surface area contributed by atoms with E-state index in [1.807, 2.05) is 23.9 Å². The molecule has 0 unspecified atom stereocenters. The summed E-state index contributed by atoms with van der Waals surface area (Å²) in [6, 6.07) is 6.70. The highest BCUT2D eigenvalue weighted by Gasteiger charge is 2.13. The third kappa shape index (κ3) is 2.98. The smallest absolute Gasteiger partial charge is 0.125 e. The van der Waals surface area contributed by atoms with Crippen molar-refractivity contribution in [1.82, 2.24) is 0 Å². The molecule has 1 aromatic rings. The normalized spacial score (nSPS) is 17.6. The van der Waals surface area contributed by atoms with Crippen molar-refractivity contribution in [1.29, 1.82) is 0 Å². The molecule has 0 fully saturated rings. The molecule has 0 N–H and O–H groups in total. The highest BCUT2D eigenvalue weighted by atomic mass is 32.2. The van der Waals surface area contributed by atoms with Gasteiger partial charge in [-0.3, -0.25) is 4.99 Å². The molecule has 0 saturated carbocycles. The molecule has 0 aromatic heterocycles. The molecule has 1 aromatic carbocycles. The van der Waals surface area contributed by atoms with E-state index in [1.165, 1.54) is 12.1 Å². The van der Waals surface area contributed by atoms with E-state index in [4.69, 9.17) is 0 Å². The van der Waals surface area contributed by atoms with Crippen molar-refractivity contribution in [2.45, 2.75) is 12.2 Å². The molecule has 1 nitrogen and oxygen atoms in total. The lowest BCUT2D eigenvalue weighted by Crippen LogP contribution is -1.91. The molecular weight excluding hydrogens is 229 g/mol. The van der Waals surface area contributed by atoms with Gasteiger partial charge in [0.05, 0.1) is 6.54 Å². The minimum Gasteiger partial charge on any atom is -0.271 e. The Labute approximate surface area is 97.6 Å². The number of halogens is 1. The van der Waals surface area contributed by atoms with E-state index < -0.39 is 0 Å². The average molecular weight is 241 g/mol. The van der Waals surface area contributed by atoms with Gasteiger partial charge in [-0.25, -0.2) is 4.39 Å². The van der Waals surface area contributed by atoms with Gasteiger partial charge in [-0.2, -0.15) is 0 Å². The Morgan fingerprint density at radius 2 is 2.13 bits per heavy atom. The fourth-order valence-corrected chi connectivity index (χ4v) is 3.60. The van der Waals surface area contributed by atoms with Crippen molar-refractivity contribution in [3.8, 4) is 0 Å². The summed E-state index contributed by atoms with van der Waals surface area (Å²) in [5, 5.41) is 0.343. The summed E-state index contributed by atoms with van der Waals surface area (Å²) < 4.78 is 13.9. The van der Waals surface area contributed by atoms with E-state index in [1.54, 1.807) is 11.8 Å². The Kier molecular flexibility index (Phi) is 3.70. The predicted molar refractivity (Wildman–Crippen MR) is 67.2 cm³/mol. The molecule has 0 spiro atoms. The van der Waals surface area contributed by atoms with Gasteiger partial charge >= 0.3 is 0 Å². The van der Waals surface area contributed by atoms with Crippen LogP contribution in [-0.2, 0) is 0 Å². The number of thioether (sulfide) groups is 2. The zero-order valence-corrected chi connectivity index (χ0v) is 10.1. The molecule has 1 aliphatic rings. The van der Waals surface area contributed by atoms with Crippen LogP contribution in [0.4, 0.5) is 4.39 Å². The van der Waals surface area contributed by atoms with Crippen LogP contribution in [0, 0.1) is 5.82 Å². The van der Waals surface area contributed by atoms with E-state index in [0.29, 0.717) is 5.25 Å². The topological polar surface area (TPSA) is 12.4 Å². The Hall–Kier alpha value is -0.480. The molecule has 1 atom stereocenters. The molecule has 1 heterocycles. The Balaban J connectivity index is 2.00. The molecule has 1 aliphatic heterocycles. The van der Waals surface area contributed by atoms with Crippen LogP contribution >= 0.6 is 23.5 Å². The first-order chi connectivity index (χ1) is 7.25. The zero-order chi connectivity index (χ0) is 10.7. The molecule has 80 valence electrons. The molecule has 15 heavy (non-hydrogen) atoms. The zero-order valence-electron chi connectivity index (χ0n) is 8.44. The third-order valence-corrected chi connectivity index (χ3v) is 4.54. The van der Waals surface area contributed by atoms with Crippen LogP contribution < -0.4 is 0 Å². The maximum Gasteiger partial charge on any atom is 0.125 e. The van der Waals surface area contributed by atoms with Crippen LogP contribution in [0.15, 0.2) is 29.3 Å². The quantitative estimate of drug-likeness (QED) is 0.782. The van der Waals surface area contributed by atoms with Crippen LogP contribution in [0.25, 0.3) is 0 Å². The van der Waals surface area contributed by atoms with Crippen LogP contribution in [-0.4, -0.2) is 16.7 Å². The Bertz CT molecular complexity index is 361. The number of rotatable bonds is 2. The van der Waals surface area contributed by atoms with E-state index in [0.717, 1.165) is 22.2 Å². The molecule has 0 radical (unpaired) electrons. The highest BCUT2D eigenvalue weighted by molar-refractivity contribution is 8.39. The first-order valence-corrected chi connectivity index (χ1v) is 6.71. The summed E-state index contributed by atoms with van der Waals surface area (Å²) in [5.41, 5.74) is 1.15. The minimum atomic E-state index is -0.177. The SMILES string of the molecule is C[C@@H](SC1=NCCS1)c1ccc(F)cc1. The molecular formula is C11H12FNS2. The van der Waals surface area contributed by atoms with Crippen molar-refractivity contribution in [2.24, 2.45) is 4.99 Å². The van der Waals surface area contributed by atoms with Crippen molar-refractivity contribution in [3.63, 3.8) is 0 Å². The van der Waals surface area contributed by atoms with Gasteiger partial charge < -0.3 is 0 Å². The fraction of sp³-hybridized carbons (Fsp3) is 0.364. The van der Waals surface area contributed by atoms with E-state index in [-0.39, 0.29) is 5.82 Å². The van der Waals surface area contributed by atoms with Crippen molar-refractivity contribution in [3.05, 3.63) is 35.6 Å². The number of nitrogens with zero attached hydrogens (tertiary/aromatic N) is 1. The molecule has 0 amide bonds. The van der Waals surface area contributed by atoms with Crippen LogP contribution in [0.2, 0.25) is 0 Å². The lowest BCUT2D eigenvalue weighted by molar-refractivity contribution is 0.627. The van der Waals surface area contributed by atoms with Crippen molar-refractivity contribution in [2.75, 3.05) is 12.3 Å². The lowest BCUT2D eigenvalue weighted by Gasteiger charge is -2.10. The minimum absolute atomic E-state index is 0.177. The van der Waals surface area contributed by atoms with Crippen molar-refractivity contribution >= 4 is 27.9 Å². The summed E-state index contributed by atoms with van der Waals surface area (Å²) in [5.74, 6) is 0.918. The van der Waals surface area contributed by atoms with Gasteiger partial charge in [-0.15, -0.1) is 0 Å². The van der Waals surface area contributed by atoms with Gasteiger partial charge in [-0.05, 0) is 24.6 Å². The van der Waals surface area contributed by atoms with Gasteiger partial charge in [-0.1, -0.05) is 35.7 Å². The maximum atomic E-state index is 12.7. The average Bonchev–Trinajstić information content (AvgIpc) is 2.71. The third-order valence-electron chi connectivity index (χ3n) is 2.17. The summed E-state index contributed by atoms with van der Waals surface area (Å²) in [6.07, 6.45) is 0. The second-order valence-corrected chi connectivity index (χ2v) is 5.98. The standard InChI is InChI=1S/C11H12FNS2/c1-8(15-11-13-6-7-14-11)9-2-4-10(12)5-3-9/h2-5,8H,6-7H2,1H3/t8-/m1/s1. The first-order valence-electron chi connectivity index (χ1n) is 4.85. The van der Waals surface area contributed by atoms with E-state index in [2.05, 4.69) is 11.9 Å². The molecule has 4 heteroatoms. The summed E-state index contributed by atoms with van der Waals surface area (Å²) in [4.78, 5) is 4.39. The largest absolute Gasteiger partial charge is 0.271 e. The number of aliphatic imine (C=N–C) groups is 1. The van der Waals surface area contributed by atoms with Crippen LogP contribution in [0.3, 0.4) is 0 Å². The van der Waals surface area contributed by atoms with Crippen LogP contribution in [0.5, 0.6) is 0 Å². The first kappa shape index (κ1) is 11.0. The molecule has 0 aliphatic carbocycles. The second kappa shape index (κ2) is 5.03. The Morgan fingerprint density at radius 1 is 1.40 bits per heavy atom. The number of hydrogen-bond acceptors (Lipinski definition) is 3. The van der Waals surface area contributed by atoms with E-state index >= 15 is 0 Å². The number of hydrogen-bond donors (Lipinski definition) is 0. The number of benzene rings is 1. The van der Waals surface area contributed by atoms with Gasteiger partial charge in [0.2, 0.25) is 0 Å². The second-order valence-electron chi connectivity index (χ2n) is 3.31. The molecule has 0 bridgehead atoms. The summed E-state index contributed by atoms with van der Waals surface area (Å²) in [7, 11) is 0. The predicted octanol–water partition coefficient (Wildman–Crippen LogP) is 3.72. The summed E-state index contributed by atoms with van der Waals surface area (Å²) in [6.45, 7) is 3.06. The van der Waals surface area contributed by atoms with E-state index in [9.17, 15) is 4.39 Å². The van der Waals surface area contributed by atoms with Gasteiger partial charge in [0, 0.05) is 11.0 Å². The van der Waals surface area contributed by atoms with Gasteiger partial charge in [0.15, 0.2) is 0 Å². The maximum absolute atomic E-state index is 12.7. The summed E-state index contributed by atoms with van der Waals surface area (Å²) >= 11 is 3.56. The van der Waals surface area contributed by atoms with Crippen LogP contribution in [0.1, 0.15) is 17.7 Å². The van der Waals surface area contributed by atoms with Gasteiger partial charge in [0.1, 0.15) is 10.2 Å². The molecule has 0 saturated heterocycles. The van der Waals surface area contributed by atoms with Gasteiger partial charge in [0.25, 0.3) is 0 Å². The van der Waals surface area contributed by atoms with Crippen molar-refractivity contribution < 1.29 is 4.39 Å². The fourth-order valence-electron chi connectivity index (χ4n) is 1.34. The monoisotopic (exact) mass is 241 g/mol. The lowest BCUT2D eigenvalue weighted by atomic mass is 10.2. The Morgan fingerprint density at radius 3 is 2.73 bits per heavy atom. The highest BCUT2D eigenvalue weighted by Crippen LogP contribution is 2.34. The molecule has 2 rings (SSSR count).